The molecule has 6 nitrogen and oxygen atoms in total. The summed E-state index contributed by atoms with van der Waals surface area (Å²) in [5.41, 5.74) is -0.331. The van der Waals surface area contributed by atoms with Gasteiger partial charge in [0, 0.05) is 11.6 Å². The molecule has 2 aromatic carbocycles. The number of nitrogens with one attached hydrogen (secondary N) is 1. The Morgan fingerprint density at radius 1 is 1.17 bits per heavy atom. The quantitative estimate of drug-likeness (QED) is 0.633. The number of likely N-dealkylation sites (N-methyl/N-ethyl adjacent to an activating group) is 1. The van der Waals surface area contributed by atoms with Crippen LogP contribution in [0.25, 0.3) is 5.69 Å². The Morgan fingerprint density at radius 2 is 1.83 bits per heavy atom. The van der Waals surface area contributed by atoms with Crippen LogP contribution in [0.2, 0.25) is 5.02 Å². The van der Waals surface area contributed by atoms with Gasteiger partial charge < -0.3 is 10.2 Å². The largest absolute Gasteiger partial charge is 0.418 e. The zero-order valence-electron chi connectivity index (χ0n) is 16.2. The Morgan fingerprint density at radius 3 is 2.50 bits per heavy atom. The summed E-state index contributed by atoms with van der Waals surface area (Å²) < 4.78 is 40.6. The summed E-state index contributed by atoms with van der Waals surface area (Å²) in [6.07, 6.45) is -3.39. The van der Waals surface area contributed by atoms with E-state index in [1.807, 2.05) is 37.2 Å². The van der Waals surface area contributed by atoms with Crippen molar-refractivity contribution in [3.05, 3.63) is 76.6 Å². The molecule has 0 aliphatic heterocycles. The third-order valence-electron chi connectivity index (χ3n) is 4.53. The number of aromatic nitrogens is 3. The molecule has 1 unspecified atom stereocenters. The number of carbonyl (C=O) groups is 1. The summed E-state index contributed by atoms with van der Waals surface area (Å²) >= 11 is 6.26. The van der Waals surface area contributed by atoms with Gasteiger partial charge >= 0.3 is 6.18 Å². The second-order valence-electron chi connectivity index (χ2n) is 6.77. The van der Waals surface area contributed by atoms with Gasteiger partial charge in [-0.2, -0.15) is 13.2 Å². The molecule has 0 fully saturated rings. The zero-order chi connectivity index (χ0) is 21.9. The van der Waals surface area contributed by atoms with E-state index in [-0.39, 0.29) is 24.0 Å². The molecule has 3 rings (SSSR count). The molecule has 1 aromatic heterocycles. The van der Waals surface area contributed by atoms with Crippen molar-refractivity contribution in [3.63, 3.8) is 0 Å². The molecule has 0 bridgehead atoms. The average Bonchev–Trinajstić information content (AvgIpc) is 3.18. The first kappa shape index (κ1) is 21.8. The molecule has 10 heteroatoms. The molecule has 0 aliphatic rings. The van der Waals surface area contributed by atoms with E-state index in [9.17, 15) is 18.0 Å². The minimum Gasteiger partial charge on any atom is -0.349 e. The van der Waals surface area contributed by atoms with E-state index in [1.54, 1.807) is 6.07 Å². The summed E-state index contributed by atoms with van der Waals surface area (Å²) in [6, 6.07) is 12.0. The minimum atomic E-state index is -4.56. The smallest absolute Gasteiger partial charge is 0.349 e. The van der Waals surface area contributed by atoms with Crippen molar-refractivity contribution in [1.82, 2.24) is 25.2 Å². The van der Waals surface area contributed by atoms with Gasteiger partial charge in [0.05, 0.1) is 23.5 Å². The molecule has 0 saturated heterocycles. The third kappa shape index (κ3) is 4.80. The van der Waals surface area contributed by atoms with Gasteiger partial charge in [-0.1, -0.05) is 47.1 Å². The first-order chi connectivity index (χ1) is 14.2. The van der Waals surface area contributed by atoms with Crippen molar-refractivity contribution in [1.29, 1.82) is 0 Å². The summed E-state index contributed by atoms with van der Waals surface area (Å²) in [6.45, 7) is 0.224. The third-order valence-corrected chi connectivity index (χ3v) is 4.87. The van der Waals surface area contributed by atoms with E-state index < -0.39 is 17.6 Å². The second-order valence-corrected chi connectivity index (χ2v) is 7.18. The lowest BCUT2D eigenvalue weighted by Crippen LogP contribution is -2.34. The lowest BCUT2D eigenvalue weighted by molar-refractivity contribution is -0.137. The zero-order valence-corrected chi connectivity index (χ0v) is 16.9. The van der Waals surface area contributed by atoms with E-state index in [2.05, 4.69) is 15.6 Å². The van der Waals surface area contributed by atoms with Crippen LogP contribution in [0.1, 0.15) is 27.7 Å². The van der Waals surface area contributed by atoms with E-state index in [0.717, 1.165) is 16.3 Å². The number of para-hydroxylation sites is 1. The number of alkyl halides is 3. The highest BCUT2D eigenvalue weighted by Crippen LogP contribution is 2.33. The second kappa shape index (κ2) is 8.85. The van der Waals surface area contributed by atoms with Crippen molar-refractivity contribution < 1.29 is 18.0 Å². The summed E-state index contributed by atoms with van der Waals surface area (Å²) in [7, 11) is 3.70. The van der Waals surface area contributed by atoms with E-state index in [4.69, 9.17) is 11.6 Å². The Hall–Kier alpha value is -2.91. The standard InChI is InChI=1S/C20H19ClF3N5O/c1-28(2)18(13-7-3-5-9-15(13)21)11-25-19(30)16-12-29(27-26-16)17-10-6-4-8-14(17)20(22,23)24/h3-10,12,18H,11H2,1-2H3,(H,25,30). The van der Waals surface area contributed by atoms with Gasteiger partial charge in [0.25, 0.3) is 5.91 Å². The molecular weight excluding hydrogens is 419 g/mol. The van der Waals surface area contributed by atoms with Gasteiger partial charge in [0.1, 0.15) is 0 Å². The van der Waals surface area contributed by atoms with Crippen molar-refractivity contribution >= 4 is 17.5 Å². The van der Waals surface area contributed by atoms with Gasteiger partial charge in [0.2, 0.25) is 0 Å². The first-order valence-corrected chi connectivity index (χ1v) is 9.34. The highest BCUT2D eigenvalue weighted by molar-refractivity contribution is 6.31. The molecule has 1 heterocycles. The Bertz CT molecular complexity index is 1040. The number of nitrogens with zero attached hydrogens (tertiary/aromatic N) is 4. The Kier molecular flexibility index (Phi) is 6.42. The summed E-state index contributed by atoms with van der Waals surface area (Å²) in [5.74, 6) is -0.551. The molecule has 30 heavy (non-hydrogen) atoms. The van der Waals surface area contributed by atoms with E-state index >= 15 is 0 Å². The van der Waals surface area contributed by atoms with E-state index in [0.29, 0.717) is 5.02 Å². The Balaban J connectivity index is 1.77. The van der Waals surface area contributed by atoms with Crippen LogP contribution in [0.4, 0.5) is 13.2 Å². The fourth-order valence-electron chi connectivity index (χ4n) is 2.99. The number of hydrogen-bond acceptors (Lipinski definition) is 4. The fraction of sp³-hybridized carbons (Fsp3) is 0.250. The minimum absolute atomic E-state index is 0.0938. The van der Waals surface area contributed by atoms with E-state index in [1.165, 1.54) is 24.4 Å². The summed E-state index contributed by atoms with van der Waals surface area (Å²) in [4.78, 5) is 14.4. The molecule has 0 saturated carbocycles. The van der Waals surface area contributed by atoms with Gasteiger partial charge in [-0.3, -0.25) is 4.79 Å². The van der Waals surface area contributed by atoms with Crippen LogP contribution >= 0.6 is 11.6 Å². The van der Waals surface area contributed by atoms with Gasteiger partial charge in [-0.25, -0.2) is 4.68 Å². The highest BCUT2D eigenvalue weighted by atomic mass is 35.5. The van der Waals surface area contributed by atoms with Gasteiger partial charge in [0.15, 0.2) is 5.69 Å². The number of benzene rings is 2. The molecule has 0 spiro atoms. The van der Waals surface area contributed by atoms with Gasteiger partial charge in [-0.05, 0) is 37.9 Å². The van der Waals surface area contributed by atoms with Crippen molar-refractivity contribution in [2.45, 2.75) is 12.2 Å². The van der Waals surface area contributed by atoms with Crippen molar-refractivity contribution in [2.24, 2.45) is 0 Å². The molecular formula is C20H19ClF3N5O. The maximum atomic E-state index is 13.2. The number of carbonyl (C=O) groups excluding carboxylic acids is 1. The molecule has 0 aliphatic carbocycles. The lowest BCUT2D eigenvalue weighted by atomic mass is 10.1. The number of amides is 1. The van der Waals surface area contributed by atoms with Crippen LogP contribution in [-0.4, -0.2) is 46.4 Å². The predicted molar refractivity (Wildman–Crippen MR) is 107 cm³/mol. The molecule has 158 valence electrons. The van der Waals surface area contributed by atoms with Crippen molar-refractivity contribution in [3.8, 4) is 5.69 Å². The van der Waals surface area contributed by atoms with Crippen molar-refractivity contribution in [2.75, 3.05) is 20.6 Å². The number of hydrogen-bond donors (Lipinski definition) is 1. The fourth-order valence-corrected chi connectivity index (χ4v) is 3.26. The summed E-state index contributed by atoms with van der Waals surface area (Å²) in [5, 5.41) is 10.7. The number of halogens is 4. The van der Waals surface area contributed by atoms with Crippen LogP contribution in [0.3, 0.4) is 0 Å². The molecule has 3 aromatic rings. The highest BCUT2D eigenvalue weighted by Gasteiger charge is 2.34. The topological polar surface area (TPSA) is 63.1 Å². The molecule has 1 amide bonds. The van der Waals surface area contributed by atoms with Crippen LogP contribution in [0.15, 0.2) is 54.7 Å². The van der Waals surface area contributed by atoms with Crippen LogP contribution in [-0.2, 0) is 6.18 Å². The Labute approximate surface area is 176 Å². The van der Waals surface area contributed by atoms with Crippen LogP contribution in [0.5, 0.6) is 0 Å². The average molecular weight is 438 g/mol. The van der Waals surface area contributed by atoms with Gasteiger partial charge in [-0.15, -0.1) is 5.10 Å². The SMILES string of the molecule is CN(C)C(CNC(=O)c1cn(-c2ccccc2C(F)(F)F)nn1)c1ccccc1Cl. The predicted octanol–water partition coefficient (Wildman–Crippen LogP) is 3.97. The number of rotatable bonds is 6. The molecule has 0 radical (unpaired) electrons. The van der Waals surface area contributed by atoms with Crippen LogP contribution in [0, 0.1) is 0 Å². The van der Waals surface area contributed by atoms with Crippen LogP contribution < -0.4 is 5.32 Å². The maximum absolute atomic E-state index is 13.2. The normalized spacial score (nSPS) is 12.8. The lowest BCUT2D eigenvalue weighted by Gasteiger charge is -2.25. The monoisotopic (exact) mass is 437 g/mol. The molecule has 1 N–H and O–H groups in total. The first-order valence-electron chi connectivity index (χ1n) is 8.96. The maximum Gasteiger partial charge on any atom is 0.418 e. The molecule has 1 atom stereocenters.